The first-order valence-corrected chi connectivity index (χ1v) is 8.39. The summed E-state index contributed by atoms with van der Waals surface area (Å²) in [5.41, 5.74) is 0.969. The van der Waals surface area contributed by atoms with Gasteiger partial charge in [-0.25, -0.2) is 8.51 Å². The Morgan fingerprint density at radius 2 is 1.77 bits per heavy atom. The second-order valence-electron chi connectivity index (χ2n) is 6.90. The van der Waals surface area contributed by atoms with Gasteiger partial charge in [0.05, 0.1) is 10.3 Å². The fraction of sp³-hybridized carbons (Fsp3) is 0.625. The van der Waals surface area contributed by atoms with Crippen molar-refractivity contribution in [2.75, 3.05) is 7.05 Å². The Hall–Kier alpha value is -0.880. The summed E-state index contributed by atoms with van der Waals surface area (Å²) in [7, 11) is 0.578. The van der Waals surface area contributed by atoms with Crippen molar-refractivity contribution < 1.29 is 17.4 Å². The van der Waals surface area contributed by atoms with E-state index in [1.54, 1.807) is 17.4 Å². The van der Waals surface area contributed by atoms with Crippen LogP contribution in [-0.2, 0) is 17.2 Å². The van der Waals surface area contributed by atoms with Gasteiger partial charge >= 0.3 is 6.18 Å². The van der Waals surface area contributed by atoms with E-state index in [9.17, 15) is 17.4 Å². The van der Waals surface area contributed by atoms with E-state index in [1.165, 1.54) is 6.07 Å². The van der Waals surface area contributed by atoms with Gasteiger partial charge in [-0.15, -0.1) is 0 Å². The van der Waals surface area contributed by atoms with Gasteiger partial charge in [-0.2, -0.15) is 13.2 Å². The van der Waals surface area contributed by atoms with Crippen LogP contribution in [-0.4, -0.2) is 20.3 Å². The van der Waals surface area contributed by atoms with Gasteiger partial charge in [-0.3, -0.25) is 0 Å². The van der Waals surface area contributed by atoms with Gasteiger partial charge in [-0.05, 0) is 56.4 Å². The van der Waals surface area contributed by atoms with Crippen LogP contribution in [0.2, 0.25) is 0 Å². The van der Waals surface area contributed by atoms with Crippen LogP contribution < -0.4 is 0 Å². The van der Waals surface area contributed by atoms with Crippen LogP contribution in [0.3, 0.4) is 0 Å². The number of rotatable bonds is 2. The molecule has 124 valence electrons. The number of benzene rings is 1. The van der Waals surface area contributed by atoms with Crippen LogP contribution in [0, 0.1) is 0 Å². The van der Waals surface area contributed by atoms with Gasteiger partial charge in [0.15, 0.2) is 0 Å². The van der Waals surface area contributed by atoms with Gasteiger partial charge in [0, 0.05) is 13.1 Å². The predicted molar refractivity (Wildman–Crippen MR) is 82.9 cm³/mol. The summed E-state index contributed by atoms with van der Waals surface area (Å²) in [5.74, 6) is 0.0294. The monoisotopic (exact) mass is 333 g/mol. The van der Waals surface area contributed by atoms with Crippen molar-refractivity contribution in [2.45, 2.75) is 57.0 Å². The zero-order valence-electron chi connectivity index (χ0n) is 13.5. The highest BCUT2D eigenvalue weighted by Gasteiger charge is 2.38. The number of nitrogens with zero attached hydrogens (tertiary/aromatic N) is 1. The lowest BCUT2D eigenvalue weighted by atomic mass is 10.0. The molecule has 0 heterocycles. The number of hydrogen-bond acceptors (Lipinski definition) is 1. The third-order valence-corrected chi connectivity index (χ3v) is 5.93. The molecule has 1 aliphatic carbocycles. The van der Waals surface area contributed by atoms with Gasteiger partial charge in [0.2, 0.25) is 0 Å². The molecule has 22 heavy (non-hydrogen) atoms. The molecule has 0 fully saturated rings. The van der Waals surface area contributed by atoms with E-state index in [4.69, 9.17) is 0 Å². The second-order valence-corrected chi connectivity index (χ2v) is 9.20. The molecule has 0 spiro atoms. The van der Waals surface area contributed by atoms with Crippen molar-refractivity contribution in [1.29, 1.82) is 0 Å². The lowest BCUT2D eigenvalue weighted by Crippen LogP contribution is -2.36. The summed E-state index contributed by atoms with van der Waals surface area (Å²) < 4.78 is 52.5. The summed E-state index contributed by atoms with van der Waals surface area (Å²) in [6, 6.07) is 3.81. The smallest absolute Gasteiger partial charge is 0.242 e. The molecule has 0 aromatic heterocycles. The summed E-state index contributed by atoms with van der Waals surface area (Å²) >= 11 is 0. The first-order valence-electron chi connectivity index (χ1n) is 7.28. The SMILES string of the molecule is C[C@H]1C[C@@H](N(C)S(=O)C(C)(C)C)c2ccc(C(F)(F)F)cc21. The molecule has 1 unspecified atom stereocenters. The molecule has 0 saturated heterocycles. The van der Waals surface area contributed by atoms with Crippen molar-refractivity contribution >= 4 is 11.0 Å². The van der Waals surface area contributed by atoms with Gasteiger partial charge in [0.1, 0.15) is 11.0 Å². The minimum Gasteiger partial charge on any atom is -0.242 e. The Labute approximate surface area is 132 Å². The molecule has 0 aliphatic heterocycles. The maximum absolute atomic E-state index is 12.9. The molecule has 2 rings (SSSR count). The van der Waals surface area contributed by atoms with Crippen molar-refractivity contribution in [3.05, 3.63) is 34.9 Å². The molecule has 1 aliphatic rings. The van der Waals surface area contributed by atoms with Crippen LogP contribution in [0.25, 0.3) is 0 Å². The van der Waals surface area contributed by atoms with Crippen molar-refractivity contribution in [2.24, 2.45) is 0 Å². The fourth-order valence-electron chi connectivity index (χ4n) is 2.96. The van der Waals surface area contributed by atoms with Crippen LogP contribution in [0.15, 0.2) is 18.2 Å². The molecule has 3 atom stereocenters. The van der Waals surface area contributed by atoms with Crippen LogP contribution in [0.4, 0.5) is 13.2 Å². The van der Waals surface area contributed by atoms with Crippen molar-refractivity contribution in [3.8, 4) is 0 Å². The normalized spacial score (nSPS) is 23.7. The maximum Gasteiger partial charge on any atom is 0.416 e. The predicted octanol–water partition coefficient (Wildman–Crippen LogP) is 4.65. The van der Waals surface area contributed by atoms with Gasteiger partial charge in [-0.1, -0.05) is 13.0 Å². The highest BCUT2D eigenvalue weighted by molar-refractivity contribution is 7.84. The van der Waals surface area contributed by atoms with Crippen LogP contribution in [0.5, 0.6) is 0 Å². The Bertz CT molecular complexity index is 592. The highest BCUT2D eigenvalue weighted by atomic mass is 32.2. The van der Waals surface area contributed by atoms with Crippen molar-refractivity contribution in [3.63, 3.8) is 0 Å². The fourth-order valence-corrected chi connectivity index (χ4v) is 4.26. The molecule has 0 N–H and O–H groups in total. The summed E-state index contributed by atoms with van der Waals surface area (Å²) in [5, 5.41) is 0. The number of hydrogen-bond donors (Lipinski definition) is 0. The molecule has 0 radical (unpaired) electrons. The van der Waals surface area contributed by atoms with E-state index in [1.807, 2.05) is 27.7 Å². The Morgan fingerprint density at radius 3 is 2.27 bits per heavy atom. The molecule has 1 aromatic carbocycles. The Morgan fingerprint density at radius 1 is 1.18 bits per heavy atom. The zero-order valence-corrected chi connectivity index (χ0v) is 14.3. The zero-order chi connectivity index (χ0) is 16.9. The van der Waals surface area contributed by atoms with Crippen molar-refractivity contribution in [1.82, 2.24) is 4.31 Å². The van der Waals surface area contributed by atoms with Gasteiger partial charge in [0.25, 0.3) is 0 Å². The number of fused-ring (bicyclic) bond motifs is 1. The molecule has 0 saturated carbocycles. The van der Waals surface area contributed by atoms with E-state index >= 15 is 0 Å². The summed E-state index contributed by atoms with van der Waals surface area (Å²) in [6.45, 7) is 7.61. The molecule has 1 aromatic rings. The average molecular weight is 333 g/mol. The lowest BCUT2D eigenvalue weighted by molar-refractivity contribution is -0.137. The Balaban J connectivity index is 2.37. The first kappa shape index (κ1) is 17.5. The van der Waals surface area contributed by atoms with E-state index in [-0.39, 0.29) is 12.0 Å². The van der Waals surface area contributed by atoms with Crippen LogP contribution >= 0.6 is 0 Å². The standard InChI is InChI=1S/C16H22F3NOS/c1-10-8-14(20(5)22(21)15(2,3)4)12-7-6-11(9-13(10)12)16(17,18)19/h6-7,9-10,14H,8H2,1-5H3/t10-,14+,22?/m0/s1. The number of alkyl halides is 3. The van der Waals surface area contributed by atoms with E-state index in [0.29, 0.717) is 6.42 Å². The van der Waals surface area contributed by atoms with E-state index < -0.39 is 27.5 Å². The highest BCUT2D eigenvalue weighted by Crippen LogP contribution is 2.45. The van der Waals surface area contributed by atoms with Gasteiger partial charge < -0.3 is 0 Å². The minimum atomic E-state index is -4.33. The summed E-state index contributed by atoms with van der Waals surface area (Å²) in [6.07, 6.45) is -3.64. The number of halogens is 3. The van der Waals surface area contributed by atoms with E-state index in [0.717, 1.165) is 17.2 Å². The quantitative estimate of drug-likeness (QED) is 0.771. The maximum atomic E-state index is 12.9. The Kier molecular flexibility index (Phi) is 4.48. The average Bonchev–Trinajstić information content (AvgIpc) is 2.72. The third kappa shape index (κ3) is 3.23. The molecular formula is C16H22F3NOS. The molecule has 0 amide bonds. The molecule has 2 nitrogen and oxygen atoms in total. The second kappa shape index (κ2) is 5.64. The molecule has 6 heteroatoms. The first-order chi connectivity index (χ1) is 9.93. The molecule has 0 bridgehead atoms. The molecular weight excluding hydrogens is 311 g/mol. The largest absolute Gasteiger partial charge is 0.416 e. The third-order valence-electron chi connectivity index (χ3n) is 4.11. The van der Waals surface area contributed by atoms with E-state index in [2.05, 4.69) is 0 Å². The van der Waals surface area contributed by atoms with Crippen LogP contribution in [0.1, 0.15) is 62.8 Å². The topological polar surface area (TPSA) is 20.3 Å². The summed E-state index contributed by atoms with van der Waals surface area (Å²) in [4.78, 5) is 0. The lowest BCUT2D eigenvalue weighted by Gasteiger charge is -2.30. The minimum absolute atomic E-state index is 0.0294.